The minimum atomic E-state index is -0.232. The molecule has 7 nitrogen and oxygen atoms in total. The van der Waals surface area contributed by atoms with Crippen LogP contribution in [0, 0.1) is 0 Å². The number of benzene rings is 2. The Bertz CT molecular complexity index is 803. The van der Waals surface area contributed by atoms with E-state index in [2.05, 4.69) is 21.3 Å². The number of carbonyl (C=O) groups is 3. The molecule has 4 N–H and O–H groups in total. The lowest BCUT2D eigenvalue weighted by atomic mass is 10.2. The van der Waals surface area contributed by atoms with Crippen molar-refractivity contribution in [3.05, 3.63) is 54.1 Å². The average Bonchev–Trinajstić information content (AvgIpc) is 2.67. The van der Waals surface area contributed by atoms with Gasteiger partial charge in [0.15, 0.2) is 0 Å². The highest BCUT2D eigenvalue weighted by Gasteiger charge is 2.07. The predicted octanol–water partition coefficient (Wildman–Crippen LogP) is 2.84. The maximum atomic E-state index is 12.1. The Balaban J connectivity index is 1.85. The molecular weight excluding hydrogens is 344 g/mol. The van der Waals surface area contributed by atoms with Gasteiger partial charge >= 0.3 is 0 Å². The van der Waals surface area contributed by atoms with Crippen molar-refractivity contribution < 1.29 is 14.4 Å². The van der Waals surface area contributed by atoms with E-state index in [0.717, 1.165) is 17.8 Å². The van der Waals surface area contributed by atoms with Crippen molar-refractivity contribution in [2.45, 2.75) is 19.8 Å². The quantitative estimate of drug-likeness (QED) is 0.576. The summed E-state index contributed by atoms with van der Waals surface area (Å²) in [7, 11) is 1.55. The number of amides is 3. The molecule has 0 saturated heterocycles. The van der Waals surface area contributed by atoms with Gasteiger partial charge in [0.25, 0.3) is 5.91 Å². The molecule has 142 valence electrons. The Kier molecular flexibility index (Phi) is 7.37. The zero-order chi connectivity index (χ0) is 19.6. The number of hydrogen-bond donors (Lipinski definition) is 4. The predicted molar refractivity (Wildman–Crippen MR) is 107 cm³/mol. The smallest absolute Gasteiger partial charge is 0.251 e. The molecule has 0 aliphatic rings. The average molecular weight is 368 g/mol. The second kappa shape index (κ2) is 9.96. The van der Waals surface area contributed by atoms with E-state index in [1.54, 1.807) is 55.6 Å². The molecule has 0 aromatic heterocycles. The van der Waals surface area contributed by atoms with Crippen LogP contribution in [0.15, 0.2) is 48.5 Å². The molecule has 0 saturated carbocycles. The number of rotatable bonds is 8. The number of carbonyl (C=O) groups excluding carboxylic acids is 3. The Morgan fingerprint density at radius 3 is 2.19 bits per heavy atom. The van der Waals surface area contributed by atoms with Crippen molar-refractivity contribution >= 4 is 34.8 Å². The van der Waals surface area contributed by atoms with E-state index in [1.165, 1.54) is 0 Å². The fourth-order valence-electron chi connectivity index (χ4n) is 2.39. The van der Waals surface area contributed by atoms with Gasteiger partial charge in [-0.3, -0.25) is 14.4 Å². The minimum absolute atomic E-state index is 0.0171. The molecule has 0 atom stereocenters. The summed E-state index contributed by atoms with van der Waals surface area (Å²) in [6.45, 7) is 2.03. The Hall–Kier alpha value is -3.35. The van der Waals surface area contributed by atoms with Crippen molar-refractivity contribution in [3.8, 4) is 0 Å². The maximum absolute atomic E-state index is 12.1. The molecule has 0 unspecified atom stereocenters. The van der Waals surface area contributed by atoms with Gasteiger partial charge in [0.05, 0.1) is 6.54 Å². The van der Waals surface area contributed by atoms with Crippen LogP contribution in [0.5, 0.6) is 0 Å². The Morgan fingerprint density at radius 2 is 1.52 bits per heavy atom. The molecule has 0 heterocycles. The molecule has 2 rings (SSSR count). The van der Waals surface area contributed by atoms with Gasteiger partial charge in [0.1, 0.15) is 0 Å². The molecule has 0 aliphatic heterocycles. The fourth-order valence-corrected chi connectivity index (χ4v) is 2.39. The highest BCUT2D eigenvalue weighted by molar-refractivity contribution is 5.98. The largest absolute Gasteiger partial charge is 0.376 e. The van der Waals surface area contributed by atoms with Crippen molar-refractivity contribution in [1.29, 1.82) is 0 Å². The van der Waals surface area contributed by atoms with Gasteiger partial charge in [-0.25, -0.2) is 0 Å². The molecule has 2 aromatic carbocycles. The zero-order valence-corrected chi connectivity index (χ0v) is 15.5. The molecule has 27 heavy (non-hydrogen) atoms. The van der Waals surface area contributed by atoms with E-state index in [4.69, 9.17) is 0 Å². The van der Waals surface area contributed by atoms with Gasteiger partial charge < -0.3 is 21.3 Å². The summed E-state index contributed by atoms with van der Waals surface area (Å²) in [5.41, 5.74) is 2.51. The summed E-state index contributed by atoms with van der Waals surface area (Å²) in [4.78, 5) is 35.3. The second-order valence-corrected chi connectivity index (χ2v) is 5.94. The third-order valence-electron chi connectivity index (χ3n) is 3.73. The summed E-state index contributed by atoms with van der Waals surface area (Å²) in [6, 6.07) is 13.9. The molecule has 0 aliphatic carbocycles. The van der Waals surface area contributed by atoms with Crippen molar-refractivity contribution in [2.75, 3.05) is 29.5 Å². The monoisotopic (exact) mass is 368 g/mol. The van der Waals surface area contributed by atoms with Crippen molar-refractivity contribution in [1.82, 2.24) is 5.32 Å². The molecule has 0 radical (unpaired) electrons. The van der Waals surface area contributed by atoms with Gasteiger partial charge in [-0.15, -0.1) is 0 Å². The molecule has 0 bridgehead atoms. The van der Waals surface area contributed by atoms with E-state index in [0.29, 0.717) is 17.7 Å². The Labute approximate surface area is 158 Å². The first-order valence-electron chi connectivity index (χ1n) is 8.77. The van der Waals surface area contributed by atoms with E-state index in [1.807, 2.05) is 6.92 Å². The number of nitrogens with one attached hydrogen (secondary N) is 4. The van der Waals surface area contributed by atoms with Crippen LogP contribution in [0.2, 0.25) is 0 Å². The molecule has 0 fully saturated rings. The number of anilines is 3. The molecule has 0 spiro atoms. The Morgan fingerprint density at radius 1 is 0.852 bits per heavy atom. The van der Waals surface area contributed by atoms with Crippen LogP contribution >= 0.6 is 0 Å². The number of hydrogen-bond acceptors (Lipinski definition) is 4. The van der Waals surface area contributed by atoms with Crippen molar-refractivity contribution in [3.63, 3.8) is 0 Å². The SMILES string of the molecule is CCCC(=O)Nc1ccc(NCC(=O)Nc2cccc(C(=O)NC)c2)cc1. The van der Waals surface area contributed by atoms with E-state index >= 15 is 0 Å². The van der Waals surface area contributed by atoms with Crippen LogP contribution in [0.1, 0.15) is 30.1 Å². The van der Waals surface area contributed by atoms with Crippen LogP contribution in [0.25, 0.3) is 0 Å². The first kappa shape index (κ1) is 20.0. The van der Waals surface area contributed by atoms with Gasteiger partial charge in [0.2, 0.25) is 11.8 Å². The van der Waals surface area contributed by atoms with Gasteiger partial charge in [-0.2, -0.15) is 0 Å². The van der Waals surface area contributed by atoms with Crippen LogP contribution in [-0.2, 0) is 9.59 Å². The first-order chi connectivity index (χ1) is 13.0. The molecule has 2 aromatic rings. The van der Waals surface area contributed by atoms with Gasteiger partial charge in [-0.05, 0) is 48.9 Å². The summed E-state index contributed by atoms with van der Waals surface area (Å²) < 4.78 is 0. The van der Waals surface area contributed by atoms with Crippen LogP contribution in [0.4, 0.5) is 17.1 Å². The molecule has 7 heteroatoms. The first-order valence-corrected chi connectivity index (χ1v) is 8.77. The standard InChI is InChI=1S/C20H24N4O3/c1-3-5-18(25)23-16-10-8-15(9-11-16)22-13-19(26)24-17-7-4-6-14(12-17)20(27)21-2/h4,6-12,22H,3,5,13H2,1-2H3,(H,21,27)(H,23,25)(H,24,26). The molecular formula is C20H24N4O3. The van der Waals surface area contributed by atoms with E-state index in [9.17, 15) is 14.4 Å². The van der Waals surface area contributed by atoms with Crippen LogP contribution in [0.3, 0.4) is 0 Å². The summed E-state index contributed by atoms with van der Waals surface area (Å²) in [6.07, 6.45) is 1.29. The topological polar surface area (TPSA) is 99.3 Å². The van der Waals surface area contributed by atoms with E-state index in [-0.39, 0.29) is 24.3 Å². The highest BCUT2D eigenvalue weighted by atomic mass is 16.2. The minimum Gasteiger partial charge on any atom is -0.376 e. The second-order valence-electron chi connectivity index (χ2n) is 5.94. The van der Waals surface area contributed by atoms with Crippen molar-refractivity contribution in [2.24, 2.45) is 0 Å². The van der Waals surface area contributed by atoms with Gasteiger partial charge in [-0.1, -0.05) is 13.0 Å². The van der Waals surface area contributed by atoms with Crippen LogP contribution in [-0.4, -0.2) is 31.3 Å². The third-order valence-corrected chi connectivity index (χ3v) is 3.73. The summed E-state index contributed by atoms with van der Waals surface area (Å²) in [5, 5.41) is 11.1. The lowest BCUT2D eigenvalue weighted by Gasteiger charge is -2.10. The fraction of sp³-hybridized carbons (Fsp3) is 0.250. The maximum Gasteiger partial charge on any atom is 0.251 e. The summed E-state index contributed by atoms with van der Waals surface area (Å²) >= 11 is 0. The highest BCUT2D eigenvalue weighted by Crippen LogP contribution is 2.14. The van der Waals surface area contributed by atoms with E-state index < -0.39 is 0 Å². The lowest BCUT2D eigenvalue weighted by molar-refractivity contribution is -0.116. The normalized spacial score (nSPS) is 10.0. The van der Waals surface area contributed by atoms with Crippen LogP contribution < -0.4 is 21.3 Å². The summed E-state index contributed by atoms with van der Waals surface area (Å²) in [5.74, 6) is -0.462. The molecule has 3 amide bonds. The zero-order valence-electron chi connectivity index (χ0n) is 15.5. The lowest BCUT2D eigenvalue weighted by Crippen LogP contribution is -2.22. The third kappa shape index (κ3) is 6.47. The van der Waals surface area contributed by atoms with Gasteiger partial charge in [0, 0.05) is 36.1 Å².